The number of benzene rings is 2. The fraction of sp³-hybridized carbons (Fsp3) is 0.433. The van der Waals surface area contributed by atoms with E-state index in [1.165, 1.54) is 18.2 Å². The van der Waals surface area contributed by atoms with Crippen LogP contribution in [-0.4, -0.2) is 181 Å². The molecule has 90 heavy (non-hydrogen) atoms. The molecule has 3 aromatic heterocycles. The number of aromatic nitrogens is 4. The highest BCUT2D eigenvalue weighted by Crippen LogP contribution is 2.32. The zero-order valence-electron chi connectivity index (χ0n) is 50.1. The summed E-state index contributed by atoms with van der Waals surface area (Å²) in [6.07, 6.45) is 2.46. The number of hydrogen-bond donors (Lipinski definition) is 10. The molecule has 1 aliphatic heterocycles. The average Bonchev–Trinajstić information content (AvgIpc) is 1.61. The first-order valence-electron chi connectivity index (χ1n) is 29.0. The summed E-state index contributed by atoms with van der Waals surface area (Å²) in [5, 5.41) is 25.8. The number of alkyl carbamates (subject to hydrolysis) is 1. The van der Waals surface area contributed by atoms with Crippen LogP contribution in [0.5, 0.6) is 5.75 Å². The molecule has 0 bridgehead atoms. The van der Waals surface area contributed by atoms with Crippen LogP contribution in [0.3, 0.4) is 0 Å². The molecule has 29 nitrogen and oxygen atoms in total. The van der Waals surface area contributed by atoms with Gasteiger partial charge in [0.25, 0.3) is 11.8 Å². The van der Waals surface area contributed by atoms with Crippen LogP contribution >= 0.6 is 0 Å². The zero-order chi connectivity index (χ0) is 65.0. The van der Waals surface area contributed by atoms with Crippen molar-refractivity contribution in [2.24, 2.45) is 17.4 Å². The van der Waals surface area contributed by atoms with Crippen molar-refractivity contribution in [1.82, 2.24) is 51.4 Å². The predicted molar refractivity (Wildman–Crippen MR) is 322 cm³/mol. The zero-order valence-corrected chi connectivity index (χ0v) is 50.1. The molecule has 0 unspecified atom stereocenters. The van der Waals surface area contributed by atoms with E-state index >= 15 is 0 Å². The molecule has 9 amide bonds. The van der Waals surface area contributed by atoms with E-state index in [0.717, 1.165) is 15.8 Å². The number of urea groups is 1. The van der Waals surface area contributed by atoms with Crippen molar-refractivity contribution >= 4 is 70.1 Å². The van der Waals surface area contributed by atoms with Gasteiger partial charge in [0.2, 0.25) is 23.6 Å². The lowest BCUT2D eigenvalue weighted by molar-refractivity contribution is -0.139. The molecule has 12 N–H and O–H groups in total. The Morgan fingerprint density at radius 2 is 1.41 bits per heavy atom. The van der Waals surface area contributed by atoms with Gasteiger partial charge in [-0.1, -0.05) is 32.0 Å². The van der Waals surface area contributed by atoms with Crippen LogP contribution in [0.4, 0.5) is 19.7 Å². The number of fused-ring (bicyclic) bond motifs is 1. The third kappa shape index (κ3) is 22.9. The number of carbonyl (C=O) groups is 9. The number of ether oxygens (including phenoxy) is 6. The molecule has 5 aromatic rings. The van der Waals surface area contributed by atoms with Crippen molar-refractivity contribution in [2.75, 3.05) is 84.4 Å². The number of aryl methyl sites for hydroxylation is 1. The number of imidazole rings is 1. The third-order valence-corrected chi connectivity index (χ3v) is 13.5. The summed E-state index contributed by atoms with van der Waals surface area (Å²) in [5.41, 5.74) is 15.4. The fourth-order valence-corrected chi connectivity index (χ4v) is 8.74. The van der Waals surface area contributed by atoms with Gasteiger partial charge in [0.1, 0.15) is 48.7 Å². The van der Waals surface area contributed by atoms with Crippen molar-refractivity contribution in [3.63, 3.8) is 0 Å². The quantitative estimate of drug-likeness (QED) is 0.0200. The van der Waals surface area contributed by atoms with Crippen LogP contribution in [0.1, 0.15) is 63.0 Å². The van der Waals surface area contributed by atoms with E-state index < -0.39 is 78.0 Å². The van der Waals surface area contributed by atoms with Gasteiger partial charge in [-0.3, -0.25) is 43.4 Å². The highest BCUT2D eigenvalue weighted by atomic mass is 19.1. The van der Waals surface area contributed by atoms with Gasteiger partial charge in [-0.15, -0.1) is 0 Å². The second kappa shape index (κ2) is 36.1. The Morgan fingerprint density at radius 3 is 2.07 bits per heavy atom. The predicted octanol–water partition coefficient (Wildman–Crippen LogP) is 2.64. The minimum absolute atomic E-state index is 0.0114. The van der Waals surface area contributed by atoms with Crippen LogP contribution in [-0.2, 0) is 70.4 Å². The molecule has 0 spiro atoms. The monoisotopic (exact) mass is 1250 g/mol. The SMILES string of the molecule is Cc1nc(-c2[nH]c(CN)nc2-c2ccc3ncc(OCCNC(=O)OCc4ccc(NC(=O)[C@H](CCCNC(N)=O)NC(=O)[C@@H](NC(=O)[C@H](CCC(=O)O)NC(=O)CCOCCOCCOCCOCCN5C(=O)C=CC5=O)C(C)C)cc4)cc3c2)ccc1F. The maximum atomic E-state index is 14.0. The van der Waals surface area contributed by atoms with E-state index in [4.69, 9.17) is 39.9 Å². The minimum atomic E-state index is -1.36. The standard InChI is InChI=1S/C60H76FN13O16/c1-36(2)53(73-57(81)47(14-17-52(78)79)69-49(75)18-22-85-25-27-87-29-30-88-28-26-86-24-21-74-50(76)15-16-51(74)77)58(82)70-46(5-4-19-64-59(63)83)56(80)68-41-9-6-38(7-10-41)35-90-60(84)65-20-23-89-42-32-40-31-39(8-12-44(40)66-34-42)54-55(72-48(33-62)71-54)45-13-11-43(61)37(3)67-45/h6-13,15-16,31-32,34,36,46-47,53H,4-5,14,17-30,33,35,62H2,1-3H3,(H,65,84)(H,68,80)(H,69,75)(H,70,82)(H,71,72)(H,73,81)(H,78,79)(H3,63,64,83)/t46-,47-,53-/m0/s1. The summed E-state index contributed by atoms with van der Waals surface area (Å²) >= 11 is 0. The van der Waals surface area contributed by atoms with Crippen LogP contribution in [0.2, 0.25) is 0 Å². The van der Waals surface area contributed by atoms with Crippen LogP contribution in [0.25, 0.3) is 33.5 Å². The second-order valence-electron chi connectivity index (χ2n) is 20.6. The van der Waals surface area contributed by atoms with Crippen molar-refractivity contribution in [3.8, 4) is 28.4 Å². The minimum Gasteiger partial charge on any atom is -0.490 e. The van der Waals surface area contributed by atoms with Crippen molar-refractivity contribution < 1.29 is 81.1 Å². The Labute approximate surface area is 517 Å². The molecule has 0 aliphatic carbocycles. The number of nitrogens with one attached hydrogen (secondary N) is 7. The van der Waals surface area contributed by atoms with Gasteiger partial charge in [-0.25, -0.2) is 23.9 Å². The van der Waals surface area contributed by atoms with Gasteiger partial charge in [0.05, 0.1) is 107 Å². The van der Waals surface area contributed by atoms with E-state index in [1.54, 1.807) is 63.4 Å². The second-order valence-corrected chi connectivity index (χ2v) is 20.6. The molecule has 0 fully saturated rings. The van der Waals surface area contributed by atoms with E-state index in [1.807, 2.05) is 18.2 Å². The summed E-state index contributed by atoms with van der Waals surface area (Å²) in [4.78, 5) is 131. The maximum absolute atomic E-state index is 14.0. The first-order valence-corrected chi connectivity index (χ1v) is 29.0. The molecule has 3 atom stereocenters. The molecule has 1 aliphatic rings. The summed E-state index contributed by atoms with van der Waals surface area (Å²) in [5.74, 6) is -4.89. The Balaban J connectivity index is 0.915. The van der Waals surface area contributed by atoms with Crippen LogP contribution < -0.4 is 48.1 Å². The Morgan fingerprint density at radius 1 is 0.733 bits per heavy atom. The number of aliphatic carboxylic acids is 1. The van der Waals surface area contributed by atoms with E-state index in [9.17, 15) is 52.6 Å². The van der Waals surface area contributed by atoms with E-state index in [2.05, 4.69) is 51.8 Å². The number of carboxylic acids is 1. The molecular formula is C60H76FN13O16. The average molecular weight is 1250 g/mol. The van der Waals surface area contributed by atoms with Crippen LogP contribution in [0, 0.1) is 18.7 Å². The summed E-state index contributed by atoms with van der Waals surface area (Å²) < 4.78 is 47.1. The smallest absolute Gasteiger partial charge is 0.407 e. The Bertz CT molecular complexity index is 3290. The molecule has 4 heterocycles. The van der Waals surface area contributed by atoms with E-state index in [-0.39, 0.29) is 135 Å². The number of pyridine rings is 2. The van der Waals surface area contributed by atoms with Crippen LogP contribution in [0.15, 0.2) is 79.0 Å². The number of imide groups is 1. The maximum Gasteiger partial charge on any atom is 0.407 e. The highest BCUT2D eigenvalue weighted by molar-refractivity contribution is 6.12. The Hall–Kier alpha value is -9.49. The van der Waals surface area contributed by atoms with Crippen molar-refractivity contribution in [1.29, 1.82) is 0 Å². The van der Waals surface area contributed by atoms with Gasteiger partial charge >= 0.3 is 18.1 Å². The first kappa shape index (κ1) is 69.6. The summed E-state index contributed by atoms with van der Waals surface area (Å²) in [6.45, 7) is 6.71. The number of carboxylic acid groups (broad SMARTS) is 1. The molecule has 484 valence electrons. The van der Waals surface area contributed by atoms with Crippen molar-refractivity contribution in [2.45, 2.75) is 84.2 Å². The molecule has 30 heteroatoms. The van der Waals surface area contributed by atoms with Gasteiger partial charge < -0.3 is 81.9 Å². The lowest BCUT2D eigenvalue weighted by atomic mass is 10.0. The third-order valence-electron chi connectivity index (χ3n) is 13.5. The number of primary amides is 1. The lowest BCUT2D eigenvalue weighted by Crippen LogP contribution is -2.58. The van der Waals surface area contributed by atoms with Crippen molar-refractivity contribution in [3.05, 3.63) is 102 Å². The molecule has 6 rings (SSSR count). The number of rotatable bonds is 39. The number of H-pyrrole nitrogens is 1. The molecular weight excluding hydrogens is 1180 g/mol. The number of halogens is 1. The molecule has 0 radical (unpaired) electrons. The number of hydrogen-bond acceptors (Lipinski definition) is 19. The normalized spacial score (nSPS) is 13.0. The molecule has 0 saturated carbocycles. The number of anilines is 1. The topological polar surface area (TPSA) is 411 Å². The van der Waals surface area contributed by atoms with Gasteiger partial charge in [-0.2, -0.15) is 0 Å². The fourth-order valence-electron chi connectivity index (χ4n) is 8.74. The summed E-state index contributed by atoms with van der Waals surface area (Å²) in [6, 6.07) is 12.0. The number of nitrogens with two attached hydrogens (primary N) is 2. The van der Waals surface area contributed by atoms with Gasteiger partial charge in [-0.05, 0) is 80.1 Å². The lowest BCUT2D eigenvalue weighted by Gasteiger charge is -2.27. The largest absolute Gasteiger partial charge is 0.490 e. The molecule has 2 aromatic carbocycles. The van der Waals surface area contributed by atoms with Gasteiger partial charge in [0, 0.05) is 48.2 Å². The van der Waals surface area contributed by atoms with E-state index in [0.29, 0.717) is 45.4 Å². The highest BCUT2D eigenvalue weighted by Gasteiger charge is 2.32. The molecule has 0 saturated heterocycles. The number of aromatic amines is 1. The number of amides is 9. The Kier molecular flexibility index (Phi) is 27.9. The first-order chi connectivity index (χ1) is 43.3. The number of carbonyl (C=O) groups excluding carboxylic acids is 8. The van der Waals surface area contributed by atoms with Gasteiger partial charge in [0.15, 0.2) is 0 Å². The number of nitrogens with zero attached hydrogens (tertiary/aromatic N) is 4. The summed E-state index contributed by atoms with van der Waals surface area (Å²) in [7, 11) is 0.